The van der Waals surface area contributed by atoms with Gasteiger partial charge in [-0.05, 0) is 31.2 Å². The molecular formula is C19H22N2O3S. The van der Waals surface area contributed by atoms with E-state index in [0.717, 1.165) is 0 Å². The molecule has 0 unspecified atom stereocenters. The number of hydrogen-bond acceptors (Lipinski definition) is 4. The van der Waals surface area contributed by atoms with Gasteiger partial charge in [0.15, 0.2) is 5.78 Å². The third-order valence-electron chi connectivity index (χ3n) is 3.56. The molecule has 2 aromatic rings. The van der Waals surface area contributed by atoms with Crippen LogP contribution in [0.4, 0.5) is 5.69 Å². The maximum Gasteiger partial charge on any atom is 0.264 e. The molecule has 0 aliphatic carbocycles. The third-order valence-corrected chi connectivity index (χ3v) is 5.48. The predicted octanol–water partition coefficient (Wildman–Crippen LogP) is 3.16. The zero-order valence-electron chi connectivity index (χ0n) is 14.6. The molecule has 0 spiro atoms. The van der Waals surface area contributed by atoms with Crippen LogP contribution < -0.4 is 4.31 Å². The highest BCUT2D eigenvalue weighted by Crippen LogP contribution is 2.24. The van der Waals surface area contributed by atoms with Crippen molar-refractivity contribution in [1.29, 1.82) is 0 Å². The number of carbonyl (C=O) groups is 1. The molecule has 0 heterocycles. The second-order valence-electron chi connectivity index (χ2n) is 5.68. The second kappa shape index (κ2) is 7.98. The predicted molar refractivity (Wildman–Crippen MR) is 100 cm³/mol. The van der Waals surface area contributed by atoms with Crippen LogP contribution in [0.5, 0.6) is 0 Å². The first kappa shape index (κ1) is 18.7. The SMILES string of the molecule is CCN(c1cccc(C(=O)/C=C/N(C)C)c1)S(=O)(=O)c1ccccc1. The molecule has 25 heavy (non-hydrogen) atoms. The van der Waals surface area contributed by atoms with Crippen molar-refractivity contribution in [2.24, 2.45) is 0 Å². The summed E-state index contributed by atoms with van der Waals surface area (Å²) in [5.41, 5.74) is 0.910. The summed E-state index contributed by atoms with van der Waals surface area (Å²) in [7, 11) is -0.0269. The number of benzene rings is 2. The monoisotopic (exact) mass is 358 g/mol. The highest BCUT2D eigenvalue weighted by molar-refractivity contribution is 7.92. The Morgan fingerprint density at radius 1 is 1.04 bits per heavy atom. The number of sulfonamides is 1. The van der Waals surface area contributed by atoms with Gasteiger partial charge >= 0.3 is 0 Å². The average molecular weight is 358 g/mol. The summed E-state index contributed by atoms with van der Waals surface area (Å²) in [5.74, 6) is -0.177. The van der Waals surface area contributed by atoms with Gasteiger partial charge < -0.3 is 4.90 Å². The molecule has 0 fully saturated rings. The Bertz CT molecular complexity index is 859. The maximum atomic E-state index is 12.9. The molecule has 0 aromatic heterocycles. The summed E-state index contributed by atoms with van der Waals surface area (Å²) in [5, 5.41) is 0. The molecule has 0 aliphatic rings. The molecule has 6 heteroatoms. The van der Waals surface area contributed by atoms with Crippen LogP contribution in [-0.4, -0.2) is 39.7 Å². The second-order valence-corrected chi connectivity index (χ2v) is 7.54. The Labute approximate surface area is 149 Å². The van der Waals surface area contributed by atoms with E-state index in [2.05, 4.69) is 0 Å². The van der Waals surface area contributed by atoms with Crippen LogP contribution in [0.2, 0.25) is 0 Å². The number of nitrogens with zero attached hydrogens (tertiary/aromatic N) is 2. The summed E-state index contributed by atoms with van der Waals surface area (Å²) < 4.78 is 27.1. The summed E-state index contributed by atoms with van der Waals surface area (Å²) in [6.07, 6.45) is 3.12. The Balaban J connectivity index is 2.39. The van der Waals surface area contributed by atoms with Gasteiger partial charge in [-0.15, -0.1) is 0 Å². The van der Waals surface area contributed by atoms with E-state index in [0.29, 0.717) is 11.3 Å². The van der Waals surface area contributed by atoms with Crippen LogP contribution in [0.3, 0.4) is 0 Å². The van der Waals surface area contributed by atoms with Crippen molar-refractivity contribution in [3.63, 3.8) is 0 Å². The molecule has 0 amide bonds. The fourth-order valence-electron chi connectivity index (χ4n) is 2.34. The maximum absolute atomic E-state index is 12.9. The topological polar surface area (TPSA) is 57.7 Å². The van der Waals surface area contributed by atoms with E-state index in [9.17, 15) is 13.2 Å². The first-order chi connectivity index (χ1) is 11.9. The van der Waals surface area contributed by atoms with Crippen LogP contribution in [0.1, 0.15) is 17.3 Å². The summed E-state index contributed by atoms with van der Waals surface area (Å²) >= 11 is 0. The van der Waals surface area contributed by atoms with Crippen LogP contribution in [0.15, 0.2) is 71.8 Å². The Morgan fingerprint density at radius 2 is 1.72 bits per heavy atom. The van der Waals surface area contributed by atoms with Crippen LogP contribution in [-0.2, 0) is 10.0 Å². The Hall–Kier alpha value is -2.60. The summed E-state index contributed by atoms with van der Waals surface area (Å²) in [6, 6.07) is 14.9. The van der Waals surface area contributed by atoms with E-state index >= 15 is 0 Å². The lowest BCUT2D eigenvalue weighted by Gasteiger charge is -2.23. The number of rotatable bonds is 7. The highest BCUT2D eigenvalue weighted by atomic mass is 32.2. The normalized spacial score (nSPS) is 11.5. The third kappa shape index (κ3) is 4.48. The van der Waals surface area contributed by atoms with Gasteiger partial charge in [0.25, 0.3) is 10.0 Å². The molecule has 5 nitrogen and oxygen atoms in total. The zero-order valence-corrected chi connectivity index (χ0v) is 15.4. The number of hydrogen-bond donors (Lipinski definition) is 0. The van der Waals surface area contributed by atoms with Crippen LogP contribution in [0.25, 0.3) is 0 Å². The number of anilines is 1. The molecule has 2 aromatic carbocycles. The van der Waals surface area contributed by atoms with Gasteiger partial charge in [-0.1, -0.05) is 30.3 Å². The quantitative estimate of drug-likeness (QED) is 0.563. The van der Waals surface area contributed by atoms with Gasteiger partial charge in [0.05, 0.1) is 10.6 Å². The van der Waals surface area contributed by atoms with Crippen molar-refractivity contribution in [2.45, 2.75) is 11.8 Å². The lowest BCUT2D eigenvalue weighted by molar-refractivity contribution is 0.104. The van der Waals surface area contributed by atoms with Crippen LogP contribution in [0, 0.1) is 0 Å². The van der Waals surface area contributed by atoms with E-state index in [1.165, 1.54) is 10.4 Å². The molecule has 0 saturated carbocycles. The van der Waals surface area contributed by atoms with Gasteiger partial charge in [-0.25, -0.2) is 8.42 Å². The first-order valence-electron chi connectivity index (χ1n) is 7.93. The lowest BCUT2D eigenvalue weighted by Crippen LogP contribution is -2.30. The lowest BCUT2D eigenvalue weighted by atomic mass is 10.1. The van der Waals surface area contributed by atoms with Gasteiger partial charge in [0, 0.05) is 38.5 Å². The van der Waals surface area contributed by atoms with E-state index < -0.39 is 10.0 Å². The van der Waals surface area contributed by atoms with Crippen molar-refractivity contribution in [1.82, 2.24) is 4.90 Å². The first-order valence-corrected chi connectivity index (χ1v) is 9.37. The summed E-state index contributed by atoms with van der Waals surface area (Å²) in [6.45, 7) is 2.03. The number of carbonyl (C=O) groups excluding carboxylic acids is 1. The van der Waals surface area contributed by atoms with Crippen molar-refractivity contribution in [3.05, 3.63) is 72.4 Å². The van der Waals surface area contributed by atoms with Crippen molar-refractivity contribution in [2.75, 3.05) is 24.9 Å². The smallest absolute Gasteiger partial charge is 0.264 e. The van der Waals surface area contributed by atoms with Crippen molar-refractivity contribution < 1.29 is 13.2 Å². The number of ketones is 1. The molecule has 132 valence electrons. The molecule has 0 bridgehead atoms. The minimum atomic E-state index is -3.68. The molecule has 0 aliphatic heterocycles. The fourth-order valence-corrected chi connectivity index (χ4v) is 3.82. The van der Waals surface area contributed by atoms with Crippen LogP contribution >= 0.6 is 0 Å². The molecule has 0 N–H and O–H groups in total. The highest BCUT2D eigenvalue weighted by Gasteiger charge is 2.23. The van der Waals surface area contributed by atoms with E-state index in [-0.39, 0.29) is 17.2 Å². The van der Waals surface area contributed by atoms with Gasteiger partial charge in [0.1, 0.15) is 0 Å². The molecule has 0 saturated heterocycles. The van der Waals surface area contributed by atoms with Gasteiger partial charge in [-0.2, -0.15) is 0 Å². The van der Waals surface area contributed by atoms with Gasteiger partial charge in [-0.3, -0.25) is 9.10 Å². The molecule has 0 atom stereocenters. The minimum Gasteiger partial charge on any atom is -0.383 e. The zero-order chi connectivity index (χ0) is 18.4. The Kier molecular flexibility index (Phi) is 5.98. The van der Waals surface area contributed by atoms with Gasteiger partial charge in [0.2, 0.25) is 0 Å². The van der Waals surface area contributed by atoms with E-state index in [1.807, 2.05) is 14.1 Å². The standard InChI is InChI=1S/C19H22N2O3S/c1-4-21(25(23,24)18-11-6-5-7-12-18)17-10-8-9-16(15-17)19(22)13-14-20(2)3/h5-15H,4H2,1-3H3/b14-13+. The van der Waals surface area contributed by atoms with Crippen molar-refractivity contribution in [3.8, 4) is 0 Å². The van der Waals surface area contributed by atoms with E-state index in [1.54, 1.807) is 72.6 Å². The Morgan fingerprint density at radius 3 is 2.32 bits per heavy atom. The van der Waals surface area contributed by atoms with E-state index in [4.69, 9.17) is 0 Å². The number of allylic oxidation sites excluding steroid dienone is 1. The summed E-state index contributed by atoms with van der Waals surface area (Å²) in [4.78, 5) is 14.2. The van der Waals surface area contributed by atoms with Crippen molar-refractivity contribution >= 4 is 21.5 Å². The largest absolute Gasteiger partial charge is 0.383 e. The molecule has 2 rings (SSSR count). The molecular weight excluding hydrogens is 336 g/mol. The average Bonchev–Trinajstić information content (AvgIpc) is 2.61. The molecule has 0 radical (unpaired) electrons. The minimum absolute atomic E-state index is 0.177. The fraction of sp³-hybridized carbons (Fsp3) is 0.211.